The van der Waals surface area contributed by atoms with Crippen molar-refractivity contribution < 1.29 is 20.5 Å². The van der Waals surface area contributed by atoms with Crippen LogP contribution in [0.5, 0.6) is 0 Å². The fraction of sp³-hybridized carbons (Fsp3) is 0.643. The zero-order valence-corrected chi connectivity index (χ0v) is 25.8. The van der Waals surface area contributed by atoms with E-state index in [9.17, 15) is 4.79 Å². The molecule has 0 saturated carbocycles. The SMILES string of the molecule is C=C(C)C(N)=O.C=CCC#N.CC.CC.CCCN(CC)CC/C=C/N=CN(C=NC)CCCOC.O.O. The highest BCUT2D eigenvalue weighted by molar-refractivity contribution is 5.90. The highest BCUT2D eigenvalue weighted by Crippen LogP contribution is 1.95. The average Bonchev–Trinajstić information content (AvgIpc) is 2.89. The minimum absolute atomic E-state index is 0. The van der Waals surface area contributed by atoms with Gasteiger partial charge in [0, 0.05) is 45.6 Å². The van der Waals surface area contributed by atoms with Gasteiger partial charge in [0.15, 0.2) is 0 Å². The van der Waals surface area contributed by atoms with Crippen LogP contribution in [-0.2, 0) is 9.53 Å². The maximum absolute atomic E-state index is 9.82. The Morgan fingerprint density at radius 1 is 1.11 bits per heavy atom. The number of nitriles is 1. The van der Waals surface area contributed by atoms with Crippen LogP contribution in [0.2, 0.25) is 0 Å². The van der Waals surface area contributed by atoms with Crippen molar-refractivity contribution in [2.45, 2.75) is 74.1 Å². The average molecular weight is 545 g/mol. The number of carbonyl (C=O) groups is 1. The number of ether oxygens (including phenoxy) is 1. The normalized spacial score (nSPS) is 9.08. The Kier molecular flexibility index (Phi) is 69.3. The molecule has 0 spiro atoms. The van der Waals surface area contributed by atoms with Crippen molar-refractivity contribution in [3.05, 3.63) is 37.1 Å². The molecule has 0 aliphatic rings. The fourth-order valence-corrected chi connectivity index (χ4v) is 2.01. The predicted molar refractivity (Wildman–Crippen MR) is 167 cm³/mol. The Morgan fingerprint density at radius 3 is 2.00 bits per heavy atom. The molecule has 0 atom stereocenters. The summed E-state index contributed by atoms with van der Waals surface area (Å²) in [5.74, 6) is -0.435. The van der Waals surface area contributed by atoms with Gasteiger partial charge in [-0.1, -0.05) is 60.3 Å². The number of amides is 1. The molecule has 10 heteroatoms. The van der Waals surface area contributed by atoms with Crippen molar-refractivity contribution in [3.8, 4) is 6.07 Å². The lowest BCUT2D eigenvalue weighted by atomic mass is 10.3. The van der Waals surface area contributed by atoms with Crippen LogP contribution in [0.25, 0.3) is 0 Å². The number of hydrogen-bond donors (Lipinski definition) is 1. The summed E-state index contributed by atoms with van der Waals surface area (Å²) in [5, 5.41) is 7.74. The summed E-state index contributed by atoms with van der Waals surface area (Å²) in [5.41, 5.74) is 5.09. The second-order valence-corrected chi connectivity index (χ2v) is 6.63. The summed E-state index contributed by atoms with van der Waals surface area (Å²) in [6, 6.07) is 1.90. The maximum Gasteiger partial charge on any atom is 0.243 e. The molecule has 0 aliphatic heterocycles. The molecular weight excluding hydrogens is 484 g/mol. The number of nitrogens with zero attached hydrogens (tertiary/aromatic N) is 5. The van der Waals surface area contributed by atoms with Crippen LogP contribution in [0, 0.1) is 11.3 Å². The van der Waals surface area contributed by atoms with Crippen molar-refractivity contribution in [2.75, 3.05) is 46.9 Å². The van der Waals surface area contributed by atoms with Crippen molar-refractivity contribution in [1.82, 2.24) is 9.80 Å². The lowest BCUT2D eigenvalue weighted by Crippen LogP contribution is -2.24. The minimum Gasteiger partial charge on any atom is -0.412 e. The maximum atomic E-state index is 9.82. The summed E-state index contributed by atoms with van der Waals surface area (Å²) in [6.07, 6.45) is 12.8. The molecule has 0 fully saturated rings. The summed E-state index contributed by atoms with van der Waals surface area (Å²) < 4.78 is 5.05. The van der Waals surface area contributed by atoms with E-state index in [-0.39, 0.29) is 11.0 Å². The third kappa shape index (κ3) is 54.2. The summed E-state index contributed by atoms with van der Waals surface area (Å²) >= 11 is 0. The van der Waals surface area contributed by atoms with E-state index >= 15 is 0 Å². The van der Waals surface area contributed by atoms with Crippen LogP contribution in [-0.4, -0.2) is 86.3 Å². The Labute approximate surface area is 234 Å². The minimum atomic E-state index is -0.435. The van der Waals surface area contributed by atoms with Gasteiger partial charge in [0.05, 0.1) is 25.2 Å². The first-order valence-electron chi connectivity index (χ1n) is 12.8. The van der Waals surface area contributed by atoms with Crippen LogP contribution in [0.3, 0.4) is 0 Å². The zero-order chi connectivity index (χ0) is 29.0. The second-order valence-electron chi connectivity index (χ2n) is 6.63. The Morgan fingerprint density at radius 2 is 1.66 bits per heavy atom. The first-order valence-corrected chi connectivity index (χ1v) is 12.8. The van der Waals surface area contributed by atoms with Gasteiger partial charge in [-0.3, -0.25) is 9.79 Å². The number of carbonyl (C=O) groups excluding carboxylic acids is 1. The van der Waals surface area contributed by atoms with E-state index in [1.165, 1.54) is 13.0 Å². The van der Waals surface area contributed by atoms with Crippen LogP contribution in [0.1, 0.15) is 74.1 Å². The molecule has 226 valence electrons. The summed E-state index contributed by atoms with van der Waals surface area (Å²) in [4.78, 5) is 22.6. The highest BCUT2D eigenvalue weighted by Gasteiger charge is 1.97. The van der Waals surface area contributed by atoms with Crippen LogP contribution < -0.4 is 5.73 Å². The smallest absolute Gasteiger partial charge is 0.243 e. The van der Waals surface area contributed by atoms with Gasteiger partial charge >= 0.3 is 0 Å². The van der Waals surface area contributed by atoms with Gasteiger partial charge in [0.1, 0.15) is 0 Å². The first kappa shape index (κ1) is 51.7. The highest BCUT2D eigenvalue weighted by atomic mass is 16.5. The van der Waals surface area contributed by atoms with Gasteiger partial charge < -0.3 is 31.2 Å². The summed E-state index contributed by atoms with van der Waals surface area (Å²) in [6.45, 7) is 25.6. The van der Waals surface area contributed by atoms with E-state index in [0.717, 1.165) is 39.1 Å². The number of methoxy groups -OCH3 is 1. The van der Waals surface area contributed by atoms with Crippen molar-refractivity contribution in [3.63, 3.8) is 0 Å². The number of nitrogens with two attached hydrogens (primary N) is 1. The molecule has 0 saturated heterocycles. The van der Waals surface area contributed by atoms with E-state index in [4.69, 9.17) is 15.7 Å². The summed E-state index contributed by atoms with van der Waals surface area (Å²) in [7, 11) is 3.48. The predicted octanol–water partition coefficient (Wildman–Crippen LogP) is 4.18. The van der Waals surface area contributed by atoms with Crippen molar-refractivity contribution in [2.24, 2.45) is 15.7 Å². The number of allylic oxidation sites excluding steroid dienone is 1. The van der Waals surface area contributed by atoms with Gasteiger partial charge in [0.2, 0.25) is 5.91 Å². The van der Waals surface area contributed by atoms with E-state index < -0.39 is 5.91 Å². The molecule has 10 nitrogen and oxygen atoms in total. The molecule has 0 aromatic rings. The van der Waals surface area contributed by atoms with Crippen LogP contribution in [0.15, 0.2) is 47.1 Å². The third-order valence-electron chi connectivity index (χ3n) is 3.69. The van der Waals surface area contributed by atoms with Crippen molar-refractivity contribution in [1.29, 1.82) is 5.26 Å². The van der Waals surface area contributed by atoms with Gasteiger partial charge in [-0.2, -0.15) is 5.26 Å². The lowest BCUT2D eigenvalue weighted by molar-refractivity contribution is -0.114. The Balaban J connectivity index is -0.0000000936. The molecule has 0 aromatic carbocycles. The van der Waals surface area contributed by atoms with Gasteiger partial charge in [-0.25, -0.2) is 4.99 Å². The number of primary amides is 1. The molecule has 0 unspecified atom stereocenters. The molecule has 1 amide bonds. The number of aliphatic imine (C=N–C) groups is 2. The van der Waals surface area contributed by atoms with Crippen LogP contribution >= 0.6 is 0 Å². The zero-order valence-electron chi connectivity index (χ0n) is 25.8. The Hall–Kier alpha value is -2.84. The molecule has 38 heavy (non-hydrogen) atoms. The third-order valence-corrected chi connectivity index (χ3v) is 3.69. The molecule has 0 aromatic heterocycles. The molecule has 6 N–H and O–H groups in total. The van der Waals surface area contributed by atoms with Crippen LogP contribution in [0.4, 0.5) is 0 Å². The van der Waals surface area contributed by atoms with E-state index in [2.05, 4.69) is 48.0 Å². The Bertz CT molecular complexity index is 591. The van der Waals surface area contributed by atoms with E-state index in [0.29, 0.717) is 12.0 Å². The van der Waals surface area contributed by atoms with Gasteiger partial charge in [-0.15, -0.1) is 6.58 Å². The molecular formula is C28H60N6O4. The quantitative estimate of drug-likeness (QED) is 0.107. The second kappa shape index (κ2) is 50.9. The fourth-order valence-electron chi connectivity index (χ4n) is 2.01. The van der Waals surface area contributed by atoms with Crippen molar-refractivity contribution >= 4 is 18.6 Å². The van der Waals surface area contributed by atoms with E-state index in [1.807, 2.05) is 51.2 Å². The molecule has 0 rings (SSSR count). The van der Waals surface area contributed by atoms with Gasteiger partial charge in [0.25, 0.3) is 0 Å². The van der Waals surface area contributed by atoms with Gasteiger partial charge in [-0.05, 0) is 39.3 Å². The largest absolute Gasteiger partial charge is 0.412 e. The lowest BCUT2D eigenvalue weighted by Gasteiger charge is -2.17. The standard InChI is InChI=1S/C16H32N4O.C4H7NO.C4H5N.2C2H6.2H2O/c1-5-11-19(6-2)12-8-7-10-18-16-20(15-17-3)13-9-14-21-4;1-3(2)4(5)6;1-2-3-4-5;2*1-2;;/h7,10,15-16H,5-6,8-9,11-14H2,1-4H3;1H2,2H3,(H2,5,6);2H,1,3H2;2*1-2H3;2*1H2/b10-7+,17-15?,18-16?;;;;;;. The molecule has 0 heterocycles. The topological polar surface area (TPSA) is 170 Å². The molecule has 0 radical (unpaired) electrons. The number of hydrogen-bond acceptors (Lipinski definition) is 6. The monoisotopic (exact) mass is 544 g/mol. The molecule has 0 aliphatic carbocycles. The number of rotatable bonds is 15. The van der Waals surface area contributed by atoms with E-state index in [1.54, 1.807) is 33.5 Å². The molecule has 0 bridgehead atoms. The first-order chi connectivity index (χ1) is 17.3.